The van der Waals surface area contributed by atoms with E-state index < -0.39 is 0 Å². The van der Waals surface area contributed by atoms with E-state index in [0.717, 1.165) is 30.8 Å². The number of hydrogen-bond acceptors (Lipinski definition) is 4. The summed E-state index contributed by atoms with van der Waals surface area (Å²) in [6.45, 7) is 7.20. The minimum Gasteiger partial charge on any atom is -0.313 e. The van der Waals surface area contributed by atoms with E-state index in [-0.39, 0.29) is 5.56 Å². The summed E-state index contributed by atoms with van der Waals surface area (Å²) in [5, 5.41) is 4.19. The Morgan fingerprint density at radius 3 is 2.88 bits per heavy atom. The molecule has 0 aliphatic rings. The third kappa shape index (κ3) is 5.37. The predicted molar refractivity (Wildman–Crippen MR) is 72.7 cm³/mol. The minimum atomic E-state index is -0.0745. The molecule has 0 aliphatic carbocycles. The van der Waals surface area contributed by atoms with E-state index >= 15 is 0 Å². The van der Waals surface area contributed by atoms with Crippen LogP contribution in [-0.2, 0) is 0 Å². The zero-order valence-electron chi connectivity index (χ0n) is 10.7. The van der Waals surface area contributed by atoms with Gasteiger partial charge in [-0.2, -0.15) is 0 Å². The standard InChI is InChI=1S/C12H21N3OS/c1-4-6-13-10(5-2)8-17-12-14-9(3)7-11(16)15-12/h7,10,13H,4-6,8H2,1-3H3,(H,14,15,16). The summed E-state index contributed by atoms with van der Waals surface area (Å²) in [6, 6.07) is 1.99. The zero-order valence-corrected chi connectivity index (χ0v) is 11.6. The number of aryl methyl sites for hydroxylation is 1. The van der Waals surface area contributed by atoms with E-state index in [1.165, 1.54) is 6.07 Å². The topological polar surface area (TPSA) is 57.8 Å². The summed E-state index contributed by atoms with van der Waals surface area (Å²) in [5.41, 5.74) is 0.695. The number of H-pyrrole nitrogens is 1. The van der Waals surface area contributed by atoms with Crippen molar-refractivity contribution in [3.8, 4) is 0 Å². The molecule has 0 saturated heterocycles. The Labute approximate surface area is 107 Å². The Morgan fingerprint density at radius 2 is 2.29 bits per heavy atom. The molecule has 0 radical (unpaired) electrons. The van der Waals surface area contributed by atoms with Crippen LogP contribution in [0.25, 0.3) is 0 Å². The van der Waals surface area contributed by atoms with E-state index in [1.807, 2.05) is 6.92 Å². The molecule has 1 rings (SSSR count). The van der Waals surface area contributed by atoms with Crippen molar-refractivity contribution in [2.75, 3.05) is 12.3 Å². The first kappa shape index (κ1) is 14.3. The molecule has 5 heteroatoms. The van der Waals surface area contributed by atoms with Gasteiger partial charge < -0.3 is 10.3 Å². The van der Waals surface area contributed by atoms with Crippen LogP contribution in [-0.4, -0.2) is 28.3 Å². The van der Waals surface area contributed by atoms with E-state index in [2.05, 4.69) is 29.1 Å². The SMILES string of the molecule is CCCNC(CC)CSc1nc(C)cc(=O)[nH]1. The molecule has 1 aromatic heterocycles. The van der Waals surface area contributed by atoms with Gasteiger partial charge in [0.05, 0.1) is 0 Å². The molecule has 1 heterocycles. The summed E-state index contributed by atoms with van der Waals surface area (Å²) in [7, 11) is 0. The number of thioether (sulfide) groups is 1. The van der Waals surface area contributed by atoms with Crippen LogP contribution in [0, 0.1) is 6.92 Å². The lowest BCUT2D eigenvalue weighted by atomic mass is 10.2. The van der Waals surface area contributed by atoms with Crippen LogP contribution in [0.4, 0.5) is 0 Å². The molecule has 2 N–H and O–H groups in total. The molecule has 0 aromatic carbocycles. The van der Waals surface area contributed by atoms with Gasteiger partial charge in [-0.1, -0.05) is 25.6 Å². The lowest BCUT2D eigenvalue weighted by Crippen LogP contribution is -2.31. The molecule has 0 fully saturated rings. The maximum Gasteiger partial charge on any atom is 0.251 e. The largest absolute Gasteiger partial charge is 0.313 e. The van der Waals surface area contributed by atoms with Crippen molar-refractivity contribution in [1.82, 2.24) is 15.3 Å². The molecule has 96 valence electrons. The maximum atomic E-state index is 11.3. The third-order valence-electron chi connectivity index (χ3n) is 2.45. The highest BCUT2D eigenvalue weighted by atomic mass is 32.2. The second kappa shape index (κ2) is 7.50. The van der Waals surface area contributed by atoms with Crippen LogP contribution in [0.3, 0.4) is 0 Å². The second-order valence-corrected chi connectivity index (χ2v) is 5.07. The number of aromatic nitrogens is 2. The predicted octanol–water partition coefficient (Wildman–Crippen LogP) is 1.95. The number of hydrogen-bond donors (Lipinski definition) is 2. The average Bonchev–Trinajstić information content (AvgIpc) is 2.28. The first-order valence-corrected chi connectivity index (χ1v) is 7.08. The summed E-state index contributed by atoms with van der Waals surface area (Å²) < 4.78 is 0. The molecule has 17 heavy (non-hydrogen) atoms. The molecule has 1 atom stereocenters. The van der Waals surface area contributed by atoms with E-state index in [0.29, 0.717) is 11.2 Å². The highest BCUT2D eigenvalue weighted by molar-refractivity contribution is 7.99. The van der Waals surface area contributed by atoms with Crippen molar-refractivity contribution in [3.63, 3.8) is 0 Å². The van der Waals surface area contributed by atoms with Gasteiger partial charge in [0.2, 0.25) is 0 Å². The summed E-state index contributed by atoms with van der Waals surface area (Å²) in [6.07, 6.45) is 2.23. The number of rotatable bonds is 7. The molecule has 0 amide bonds. The molecule has 0 spiro atoms. The van der Waals surface area contributed by atoms with Crippen molar-refractivity contribution in [3.05, 3.63) is 22.1 Å². The Morgan fingerprint density at radius 1 is 1.53 bits per heavy atom. The van der Waals surface area contributed by atoms with Gasteiger partial charge in [0.15, 0.2) is 5.16 Å². The number of nitrogens with one attached hydrogen (secondary N) is 2. The van der Waals surface area contributed by atoms with Gasteiger partial charge in [0, 0.05) is 23.6 Å². The Balaban J connectivity index is 2.50. The van der Waals surface area contributed by atoms with Crippen LogP contribution in [0.15, 0.2) is 16.0 Å². The van der Waals surface area contributed by atoms with Gasteiger partial charge in [-0.3, -0.25) is 4.79 Å². The summed E-state index contributed by atoms with van der Waals surface area (Å²) >= 11 is 1.60. The smallest absolute Gasteiger partial charge is 0.251 e. The van der Waals surface area contributed by atoms with Crippen molar-refractivity contribution in [2.45, 2.75) is 44.8 Å². The molecule has 0 aliphatic heterocycles. The quantitative estimate of drug-likeness (QED) is 0.577. The highest BCUT2D eigenvalue weighted by Gasteiger charge is 2.07. The second-order valence-electron chi connectivity index (χ2n) is 4.06. The minimum absolute atomic E-state index is 0.0745. The molecular formula is C12H21N3OS. The van der Waals surface area contributed by atoms with Gasteiger partial charge in [-0.25, -0.2) is 4.98 Å². The Bertz CT molecular complexity index is 392. The fourth-order valence-electron chi connectivity index (χ4n) is 1.47. The normalized spacial score (nSPS) is 12.6. The van der Waals surface area contributed by atoms with Crippen molar-refractivity contribution < 1.29 is 0 Å². The van der Waals surface area contributed by atoms with Gasteiger partial charge in [0.25, 0.3) is 5.56 Å². The van der Waals surface area contributed by atoms with Gasteiger partial charge in [-0.05, 0) is 26.3 Å². The monoisotopic (exact) mass is 255 g/mol. The van der Waals surface area contributed by atoms with Crippen LogP contribution < -0.4 is 10.9 Å². The van der Waals surface area contributed by atoms with Crippen LogP contribution in [0.1, 0.15) is 32.4 Å². The van der Waals surface area contributed by atoms with Crippen molar-refractivity contribution in [1.29, 1.82) is 0 Å². The molecule has 0 bridgehead atoms. The average molecular weight is 255 g/mol. The van der Waals surface area contributed by atoms with Gasteiger partial charge >= 0.3 is 0 Å². The molecule has 0 saturated carbocycles. The van der Waals surface area contributed by atoms with Gasteiger partial charge in [-0.15, -0.1) is 0 Å². The van der Waals surface area contributed by atoms with E-state index in [4.69, 9.17) is 0 Å². The lowest BCUT2D eigenvalue weighted by molar-refractivity contribution is 0.539. The molecule has 4 nitrogen and oxygen atoms in total. The molecule has 1 unspecified atom stereocenters. The van der Waals surface area contributed by atoms with Gasteiger partial charge in [0.1, 0.15) is 0 Å². The maximum absolute atomic E-state index is 11.3. The fraction of sp³-hybridized carbons (Fsp3) is 0.667. The van der Waals surface area contributed by atoms with E-state index in [1.54, 1.807) is 11.8 Å². The Hall–Kier alpha value is -0.810. The fourth-order valence-corrected chi connectivity index (χ4v) is 2.56. The lowest BCUT2D eigenvalue weighted by Gasteiger charge is -2.15. The molecular weight excluding hydrogens is 234 g/mol. The van der Waals surface area contributed by atoms with Crippen LogP contribution >= 0.6 is 11.8 Å². The Kier molecular flexibility index (Phi) is 6.29. The van der Waals surface area contributed by atoms with E-state index in [9.17, 15) is 4.79 Å². The summed E-state index contributed by atoms with van der Waals surface area (Å²) in [4.78, 5) is 18.3. The van der Waals surface area contributed by atoms with Crippen LogP contribution in [0.5, 0.6) is 0 Å². The number of nitrogens with zero attached hydrogens (tertiary/aromatic N) is 1. The first-order chi connectivity index (χ1) is 8.15. The molecule has 1 aromatic rings. The zero-order chi connectivity index (χ0) is 12.7. The van der Waals surface area contributed by atoms with Crippen molar-refractivity contribution in [2.24, 2.45) is 0 Å². The highest BCUT2D eigenvalue weighted by Crippen LogP contribution is 2.13. The number of aromatic amines is 1. The van der Waals surface area contributed by atoms with Crippen molar-refractivity contribution >= 4 is 11.8 Å². The first-order valence-electron chi connectivity index (χ1n) is 6.09. The summed E-state index contributed by atoms with van der Waals surface area (Å²) in [5.74, 6) is 0.933. The van der Waals surface area contributed by atoms with Crippen LogP contribution in [0.2, 0.25) is 0 Å². The third-order valence-corrected chi connectivity index (χ3v) is 3.48.